The number of fused-ring (bicyclic) bond motifs is 1. The number of nitrogens with two attached hydrogens (primary N) is 1. The third-order valence-electron chi connectivity index (χ3n) is 2.89. The number of halogens is 3. The van der Waals surface area contributed by atoms with Crippen LogP contribution in [-0.4, -0.2) is 15.0 Å². The molecule has 0 saturated heterocycles. The first kappa shape index (κ1) is 13.3. The van der Waals surface area contributed by atoms with Crippen LogP contribution in [0, 0.1) is 0 Å². The lowest BCUT2D eigenvalue weighted by Gasteiger charge is -2.08. The highest BCUT2D eigenvalue weighted by molar-refractivity contribution is 5.81. The number of hydrogen-bond donors (Lipinski definition) is 1. The predicted molar refractivity (Wildman–Crippen MR) is 72.2 cm³/mol. The quantitative estimate of drug-likeness (QED) is 0.747. The van der Waals surface area contributed by atoms with Crippen LogP contribution in [0.4, 0.5) is 19.1 Å². The zero-order valence-corrected chi connectivity index (χ0v) is 10.6. The lowest BCUT2D eigenvalue weighted by molar-refractivity contribution is -0.141. The third kappa shape index (κ3) is 2.62. The van der Waals surface area contributed by atoms with Crippen LogP contribution in [-0.2, 0) is 6.18 Å². The number of nitrogens with zero attached hydrogens (tertiary/aromatic N) is 3. The molecule has 0 atom stereocenters. The molecule has 0 unspecified atom stereocenters. The summed E-state index contributed by atoms with van der Waals surface area (Å²) in [6, 6.07) is 11.5. The van der Waals surface area contributed by atoms with Crippen LogP contribution in [0.2, 0.25) is 0 Å². The molecule has 1 aromatic carbocycles. The summed E-state index contributed by atoms with van der Waals surface area (Å²) in [4.78, 5) is 11.3. The van der Waals surface area contributed by atoms with Crippen molar-refractivity contribution in [2.75, 3.05) is 5.73 Å². The molecule has 4 nitrogen and oxygen atoms in total. The molecule has 0 aliphatic heterocycles. The summed E-state index contributed by atoms with van der Waals surface area (Å²) in [5.41, 5.74) is 5.30. The third-order valence-corrected chi connectivity index (χ3v) is 2.89. The monoisotopic (exact) mass is 290 g/mol. The fraction of sp³-hybridized carbons (Fsp3) is 0.0714. The predicted octanol–water partition coefficient (Wildman–Crippen LogP) is 3.29. The van der Waals surface area contributed by atoms with Gasteiger partial charge in [-0.15, -0.1) is 0 Å². The fourth-order valence-electron chi connectivity index (χ4n) is 1.95. The Hall–Kier alpha value is -2.70. The molecule has 0 aliphatic carbocycles. The molecule has 7 heteroatoms. The van der Waals surface area contributed by atoms with Crippen LogP contribution in [0.25, 0.3) is 22.3 Å². The van der Waals surface area contributed by atoms with Gasteiger partial charge in [0.1, 0.15) is 0 Å². The molecule has 21 heavy (non-hydrogen) atoms. The van der Waals surface area contributed by atoms with E-state index in [4.69, 9.17) is 5.73 Å². The molecule has 0 amide bonds. The second kappa shape index (κ2) is 4.69. The van der Waals surface area contributed by atoms with Crippen molar-refractivity contribution in [2.45, 2.75) is 6.18 Å². The summed E-state index contributed by atoms with van der Waals surface area (Å²) >= 11 is 0. The number of hydrogen-bond acceptors (Lipinski definition) is 4. The van der Waals surface area contributed by atoms with Gasteiger partial charge in [0.05, 0.1) is 16.9 Å². The molecule has 2 aromatic heterocycles. The molecule has 0 aliphatic rings. The van der Waals surface area contributed by atoms with Gasteiger partial charge in [0.25, 0.3) is 0 Å². The van der Waals surface area contributed by atoms with E-state index in [0.717, 1.165) is 11.5 Å². The van der Waals surface area contributed by atoms with Crippen molar-refractivity contribution in [1.29, 1.82) is 0 Å². The summed E-state index contributed by atoms with van der Waals surface area (Å²) in [7, 11) is 0. The molecule has 0 fully saturated rings. The van der Waals surface area contributed by atoms with Gasteiger partial charge in [0.15, 0.2) is 5.69 Å². The molecule has 0 saturated carbocycles. The maximum Gasteiger partial charge on any atom is 0.433 e. The normalized spacial score (nSPS) is 11.8. The van der Waals surface area contributed by atoms with Gasteiger partial charge >= 0.3 is 6.18 Å². The van der Waals surface area contributed by atoms with Gasteiger partial charge < -0.3 is 5.73 Å². The summed E-state index contributed by atoms with van der Waals surface area (Å²) in [6.07, 6.45) is -4.58. The maximum atomic E-state index is 12.8. The Balaban J connectivity index is 2.16. The second-order valence-corrected chi connectivity index (χ2v) is 4.38. The highest BCUT2D eigenvalue weighted by atomic mass is 19.4. The number of anilines is 1. The molecule has 2 N–H and O–H groups in total. The molecule has 2 heterocycles. The average molecular weight is 290 g/mol. The van der Waals surface area contributed by atoms with E-state index in [1.54, 1.807) is 24.3 Å². The average Bonchev–Trinajstić information content (AvgIpc) is 2.45. The first-order valence-corrected chi connectivity index (χ1v) is 6.01. The van der Waals surface area contributed by atoms with Crippen LogP contribution >= 0.6 is 0 Å². The molecule has 0 spiro atoms. The SMILES string of the molecule is Nc1nc(-c2ccc3ccccc3n2)cc(C(F)(F)F)n1. The van der Waals surface area contributed by atoms with Crippen molar-refractivity contribution in [2.24, 2.45) is 0 Å². The van der Waals surface area contributed by atoms with Gasteiger partial charge in [-0.3, -0.25) is 0 Å². The van der Waals surface area contributed by atoms with Gasteiger partial charge in [-0.25, -0.2) is 15.0 Å². The first-order valence-electron chi connectivity index (χ1n) is 6.01. The molecule has 0 bridgehead atoms. The van der Waals surface area contributed by atoms with E-state index >= 15 is 0 Å². The van der Waals surface area contributed by atoms with Gasteiger partial charge in [-0.1, -0.05) is 24.3 Å². The number of nitrogen functional groups attached to an aromatic ring is 1. The largest absolute Gasteiger partial charge is 0.433 e. The summed E-state index contributed by atoms with van der Waals surface area (Å²) in [6.45, 7) is 0. The number of rotatable bonds is 1. The Labute approximate surface area is 117 Å². The van der Waals surface area contributed by atoms with E-state index in [-0.39, 0.29) is 5.69 Å². The number of para-hydroxylation sites is 1. The number of pyridine rings is 1. The zero-order valence-electron chi connectivity index (χ0n) is 10.6. The summed E-state index contributed by atoms with van der Waals surface area (Å²) < 4.78 is 38.3. The molecule has 3 aromatic rings. The molecular weight excluding hydrogens is 281 g/mol. The number of alkyl halides is 3. The van der Waals surface area contributed by atoms with Crippen molar-refractivity contribution < 1.29 is 13.2 Å². The lowest BCUT2D eigenvalue weighted by Crippen LogP contribution is -2.11. The van der Waals surface area contributed by atoms with Gasteiger partial charge in [0.2, 0.25) is 5.95 Å². The van der Waals surface area contributed by atoms with E-state index in [2.05, 4.69) is 15.0 Å². The molecular formula is C14H9F3N4. The Kier molecular flexibility index (Phi) is 2.97. The zero-order chi connectivity index (χ0) is 15.0. The van der Waals surface area contributed by atoms with E-state index in [1.807, 2.05) is 12.1 Å². The standard InChI is InChI=1S/C14H9F3N4/c15-14(16,17)12-7-11(20-13(18)21-12)10-6-5-8-3-1-2-4-9(8)19-10/h1-7H,(H2,18,20,21). The van der Waals surface area contributed by atoms with E-state index in [9.17, 15) is 13.2 Å². The molecule has 3 rings (SSSR count). The summed E-state index contributed by atoms with van der Waals surface area (Å²) in [5, 5.41) is 0.888. The summed E-state index contributed by atoms with van der Waals surface area (Å²) in [5.74, 6) is -0.435. The van der Waals surface area contributed by atoms with E-state index in [0.29, 0.717) is 11.2 Å². The van der Waals surface area contributed by atoms with E-state index in [1.165, 1.54) is 0 Å². The maximum absolute atomic E-state index is 12.8. The van der Waals surface area contributed by atoms with Crippen LogP contribution in [0.1, 0.15) is 5.69 Å². The smallest absolute Gasteiger partial charge is 0.368 e. The minimum Gasteiger partial charge on any atom is -0.368 e. The second-order valence-electron chi connectivity index (χ2n) is 4.38. The van der Waals surface area contributed by atoms with Crippen LogP contribution in [0.15, 0.2) is 42.5 Å². The van der Waals surface area contributed by atoms with Gasteiger partial charge in [-0.05, 0) is 18.2 Å². The number of benzene rings is 1. The van der Waals surface area contributed by atoms with E-state index < -0.39 is 17.8 Å². The first-order chi connectivity index (χ1) is 9.93. The van der Waals surface area contributed by atoms with Crippen LogP contribution in [0.5, 0.6) is 0 Å². The van der Waals surface area contributed by atoms with Gasteiger partial charge in [-0.2, -0.15) is 13.2 Å². The van der Waals surface area contributed by atoms with Gasteiger partial charge in [0, 0.05) is 5.39 Å². The molecule has 0 radical (unpaired) electrons. The van der Waals surface area contributed by atoms with Crippen molar-refractivity contribution in [3.63, 3.8) is 0 Å². The minimum absolute atomic E-state index is 0.0422. The Morgan fingerprint density at radius 1 is 0.857 bits per heavy atom. The highest BCUT2D eigenvalue weighted by Gasteiger charge is 2.33. The van der Waals surface area contributed by atoms with Crippen molar-refractivity contribution in [3.8, 4) is 11.4 Å². The topological polar surface area (TPSA) is 64.7 Å². The Bertz CT molecular complexity index is 815. The molecule has 106 valence electrons. The van der Waals surface area contributed by atoms with Crippen molar-refractivity contribution in [1.82, 2.24) is 15.0 Å². The Morgan fingerprint density at radius 2 is 1.62 bits per heavy atom. The Morgan fingerprint density at radius 3 is 2.38 bits per heavy atom. The van der Waals surface area contributed by atoms with Crippen molar-refractivity contribution in [3.05, 3.63) is 48.2 Å². The van der Waals surface area contributed by atoms with Crippen LogP contribution in [0.3, 0.4) is 0 Å². The highest BCUT2D eigenvalue weighted by Crippen LogP contribution is 2.30. The van der Waals surface area contributed by atoms with Crippen molar-refractivity contribution >= 4 is 16.9 Å². The van der Waals surface area contributed by atoms with Crippen LogP contribution < -0.4 is 5.73 Å². The number of aromatic nitrogens is 3. The minimum atomic E-state index is -4.58. The fourth-order valence-corrected chi connectivity index (χ4v) is 1.95. The lowest BCUT2D eigenvalue weighted by atomic mass is 10.1.